The fraction of sp³-hybridized carbons (Fsp3) is 0.538. The number of halogens is 3. The number of rotatable bonds is 5. The van der Waals surface area contributed by atoms with E-state index in [1.807, 2.05) is 13.8 Å². The smallest absolute Gasteiger partial charge is 0.406 e. The zero-order valence-corrected chi connectivity index (χ0v) is 11.6. The van der Waals surface area contributed by atoms with Crippen LogP contribution in [0.5, 0.6) is 5.88 Å². The van der Waals surface area contributed by atoms with Crippen molar-refractivity contribution in [1.29, 1.82) is 0 Å². The minimum absolute atomic E-state index is 0.0826. The van der Waals surface area contributed by atoms with Crippen LogP contribution < -0.4 is 4.74 Å². The van der Waals surface area contributed by atoms with E-state index in [2.05, 4.69) is 4.98 Å². The van der Waals surface area contributed by atoms with Crippen molar-refractivity contribution in [1.82, 2.24) is 9.88 Å². The molecule has 1 aromatic rings. The lowest BCUT2D eigenvalue weighted by molar-refractivity contribution is -0.138. The SMILES string of the molecule is CC[C@H](C)Oc1cc(C(=O)N(C)CC(F)(F)F)ccn1. The lowest BCUT2D eigenvalue weighted by atomic mass is 10.2. The average molecular weight is 290 g/mol. The summed E-state index contributed by atoms with van der Waals surface area (Å²) in [6, 6.07) is 2.71. The van der Waals surface area contributed by atoms with Crippen LogP contribution in [-0.2, 0) is 0 Å². The molecule has 0 saturated heterocycles. The summed E-state index contributed by atoms with van der Waals surface area (Å²) in [5, 5.41) is 0. The maximum absolute atomic E-state index is 12.2. The molecule has 0 radical (unpaired) electrons. The van der Waals surface area contributed by atoms with E-state index in [0.29, 0.717) is 4.90 Å². The molecule has 7 heteroatoms. The lowest BCUT2D eigenvalue weighted by Gasteiger charge is -2.19. The molecule has 0 fully saturated rings. The van der Waals surface area contributed by atoms with Gasteiger partial charge in [0.15, 0.2) is 0 Å². The van der Waals surface area contributed by atoms with Crippen molar-refractivity contribution in [3.05, 3.63) is 23.9 Å². The molecule has 0 N–H and O–H groups in total. The molecule has 1 atom stereocenters. The number of nitrogens with zero attached hydrogens (tertiary/aromatic N) is 2. The molecule has 0 aliphatic rings. The van der Waals surface area contributed by atoms with E-state index in [4.69, 9.17) is 4.74 Å². The highest BCUT2D eigenvalue weighted by Crippen LogP contribution is 2.18. The van der Waals surface area contributed by atoms with E-state index >= 15 is 0 Å². The molecule has 0 aromatic carbocycles. The Hall–Kier alpha value is -1.79. The molecule has 0 aliphatic heterocycles. The summed E-state index contributed by atoms with van der Waals surface area (Å²) in [6.07, 6.45) is -2.41. The Morgan fingerprint density at radius 1 is 1.50 bits per heavy atom. The van der Waals surface area contributed by atoms with Gasteiger partial charge in [0.05, 0.1) is 6.10 Å². The Morgan fingerprint density at radius 2 is 2.15 bits per heavy atom. The summed E-state index contributed by atoms with van der Waals surface area (Å²) >= 11 is 0. The van der Waals surface area contributed by atoms with Gasteiger partial charge in [-0.15, -0.1) is 0 Å². The van der Waals surface area contributed by atoms with Crippen LogP contribution in [0.3, 0.4) is 0 Å². The van der Waals surface area contributed by atoms with Crippen LogP contribution in [0.2, 0.25) is 0 Å². The molecule has 20 heavy (non-hydrogen) atoms. The van der Waals surface area contributed by atoms with E-state index in [0.717, 1.165) is 13.5 Å². The van der Waals surface area contributed by atoms with Gasteiger partial charge in [0.2, 0.25) is 5.88 Å². The summed E-state index contributed by atoms with van der Waals surface area (Å²) in [4.78, 5) is 16.4. The highest BCUT2D eigenvalue weighted by atomic mass is 19.4. The fourth-order valence-electron chi connectivity index (χ4n) is 1.46. The monoisotopic (exact) mass is 290 g/mol. The lowest BCUT2D eigenvalue weighted by Crippen LogP contribution is -2.35. The summed E-state index contributed by atoms with van der Waals surface area (Å²) in [5.41, 5.74) is 0.116. The Kier molecular flexibility index (Phi) is 5.35. The third-order valence-corrected chi connectivity index (χ3v) is 2.64. The van der Waals surface area contributed by atoms with Gasteiger partial charge in [-0.2, -0.15) is 13.2 Å². The molecule has 0 spiro atoms. The van der Waals surface area contributed by atoms with Gasteiger partial charge >= 0.3 is 6.18 Å². The molecule has 0 aliphatic carbocycles. The molecule has 4 nitrogen and oxygen atoms in total. The zero-order valence-electron chi connectivity index (χ0n) is 11.6. The number of hydrogen-bond acceptors (Lipinski definition) is 3. The topological polar surface area (TPSA) is 42.4 Å². The van der Waals surface area contributed by atoms with Crippen LogP contribution in [0.15, 0.2) is 18.3 Å². The Bertz CT molecular complexity index is 463. The van der Waals surface area contributed by atoms with Crippen LogP contribution in [0.25, 0.3) is 0 Å². The van der Waals surface area contributed by atoms with Crippen LogP contribution in [0.4, 0.5) is 13.2 Å². The number of pyridine rings is 1. The van der Waals surface area contributed by atoms with Gasteiger partial charge in [0.25, 0.3) is 5.91 Å². The van der Waals surface area contributed by atoms with Crippen molar-refractivity contribution in [2.24, 2.45) is 0 Å². The normalized spacial score (nSPS) is 12.9. The number of ether oxygens (including phenoxy) is 1. The summed E-state index contributed by atoms with van der Waals surface area (Å²) < 4.78 is 42.2. The Morgan fingerprint density at radius 3 is 2.70 bits per heavy atom. The number of aromatic nitrogens is 1. The second-order valence-corrected chi connectivity index (χ2v) is 4.50. The van der Waals surface area contributed by atoms with E-state index in [-0.39, 0.29) is 17.5 Å². The standard InChI is InChI=1S/C13H17F3N2O2/c1-4-9(2)20-11-7-10(5-6-17-11)12(19)18(3)8-13(14,15)16/h5-7,9H,4,8H2,1-3H3/t9-/m0/s1. The van der Waals surface area contributed by atoms with Gasteiger partial charge in [-0.25, -0.2) is 4.98 Å². The summed E-state index contributed by atoms with van der Waals surface area (Å²) in [6.45, 7) is 2.47. The van der Waals surface area contributed by atoms with Crippen molar-refractivity contribution in [2.75, 3.05) is 13.6 Å². The molecular formula is C13H17F3N2O2. The average Bonchev–Trinajstić information content (AvgIpc) is 2.36. The maximum Gasteiger partial charge on any atom is 0.406 e. The molecule has 1 aromatic heterocycles. The quantitative estimate of drug-likeness (QED) is 0.837. The molecular weight excluding hydrogens is 273 g/mol. The minimum atomic E-state index is -4.42. The molecule has 1 amide bonds. The Balaban J connectivity index is 2.80. The van der Waals surface area contributed by atoms with Gasteiger partial charge in [-0.05, 0) is 19.4 Å². The van der Waals surface area contributed by atoms with Crippen molar-refractivity contribution < 1.29 is 22.7 Å². The van der Waals surface area contributed by atoms with Gasteiger partial charge in [0.1, 0.15) is 6.54 Å². The van der Waals surface area contributed by atoms with Crippen molar-refractivity contribution in [2.45, 2.75) is 32.5 Å². The van der Waals surface area contributed by atoms with Crippen molar-refractivity contribution in [3.63, 3.8) is 0 Å². The van der Waals surface area contributed by atoms with Gasteiger partial charge in [-0.3, -0.25) is 4.79 Å². The number of carbonyl (C=O) groups is 1. The van der Waals surface area contributed by atoms with E-state index < -0.39 is 18.6 Å². The highest BCUT2D eigenvalue weighted by molar-refractivity contribution is 5.94. The first kappa shape index (κ1) is 16.3. The Labute approximate surface area is 115 Å². The van der Waals surface area contributed by atoms with Crippen LogP contribution in [0, 0.1) is 0 Å². The minimum Gasteiger partial charge on any atom is -0.475 e. The second kappa shape index (κ2) is 6.58. The first-order chi connectivity index (χ1) is 9.23. The van der Waals surface area contributed by atoms with Gasteiger partial charge in [-0.1, -0.05) is 6.92 Å². The first-order valence-electron chi connectivity index (χ1n) is 6.18. The van der Waals surface area contributed by atoms with Crippen LogP contribution >= 0.6 is 0 Å². The van der Waals surface area contributed by atoms with Gasteiger partial charge < -0.3 is 9.64 Å². The molecule has 0 saturated carbocycles. The molecule has 112 valence electrons. The van der Waals surface area contributed by atoms with Crippen LogP contribution in [0.1, 0.15) is 30.6 Å². The molecule has 0 unspecified atom stereocenters. The third-order valence-electron chi connectivity index (χ3n) is 2.64. The molecule has 1 rings (SSSR count). The summed E-state index contributed by atoms with van der Waals surface area (Å²) in [5.74, 6) is -0.496. The summed E-state index contributed by atoms with van der Waals surface area (Å²) in [7, 11) is 1.10. The number of alkyl halides is 3. The predicted octanol–water partition coefficient (Wildman–Crippen LogP) is 2.89. The molecule has 0 bridgehead atoms. The zero-order chi connectivity index (χ0) is 15.3. The third kappa shape index (κ3) is 5.07. The number of amides is 1. The van der Waals surface area contributed by atoms with E-state index in [9.17, 15) is 18.0 Å². The predicted molar refractivity (Wildman–Crippen MR) is 67.6 cm³/mol. The first-order valence-corrected chi connectivity index (χ1v) is 6.18. The fourth-order valence-corrected chi connectivity index (χ4v) is 1.46. The van der Waals surface area contributed by atoms with E-state index in [1.165, 1.54) is 18.3 Å². The molecule has 1 heterocycles. The van der Waals surface area contributed by atoms with Gasteiger partial charge in [0, 0.05) is 24.9 Å². The maximum atomic E-state index is 12.2. The van der Waals surface area contributed by atoms with Crippen molar-refractivity contribution >= 4 is 5.91 Å². The van der Waals surface area contributed by atoms with Crippen LogP contribution in [-0.4, -0.2) is 41.7 Å². The number of carbonyl (C=O) groups excluding carboxylic acids is 1. The largest absolute Gasteiger partial charge is 0.475 e. The van der Waals surface area contributed by atoms with E-state index in [1.54, 1.807) is 0 Å². The highest BCUT2D eigenvalue weighted by Gasteiger charge is 2.31. The number of hydrogen-bond donors (Lipinski definition) is 0. The second-order valence-electron chi connectivity index (χ2n) is 4.50. The van der Waals surface area contributed by atoms with Crippen molar-refractivity contribution in [3.8, 4) is 5.88 Å².